The number of nitrogens with one attached hydrogen (secondary N) is 2. The third-order valence-electron chi connectivity index (χ3n) is 4.14. The SMILES string of the molecule is O=C(NOCc1ccccc1)C1C(=O)NC1CCc1ccccc1. The topological polar surface area (TPSA) is 67.4 Å². The second-order valence-corrected chi connectivity index (χ2v) is 5.86. The van der Waals surface area contributed by atoms with Crippen LogP contribution in [0.4, 0.5) is 0 Å². The predicted molar refractivity (Wildman–Crippen MR) is 89.6 cm³/mol. The molecule has 1 heterocycles. The van der Waals surface area contributed by atoms with E-state index in [-0.39, 0.29) is 24.5 Å². The molecule has 0 aliphatic carbocycles. The zero-order valence-electron chi connectivity index (χ0n) is 13.3. The maximum Gasteiger partial charge on any atom is 0.258 e. The Kier molecular flexibility index (Phi) is 5.23. The van der Waals surface area contributed by atoms with Crippen LogP contribution in [0.3, 0.4) is 0 Å². The van der Waals surface area contributed by atoms with Crippen LogP contribution in [0.5, 0.6) is 0 Å². The van der Waals surface area contributed by atoms with Crippen molar-refractivity contribution in [3.8, 4) is 0 Å². The molecule has 124 valence electrons. The quantitative estimate of drug-likeness (QED) is 0.465. The lowest BCUT2D eigenvalue weighted by molar-refractivity contribution is -0.152. The minimum Gasteiger partial charge on any atom is -0.351 e. The van der Waals surface area contributed by atoms with Gasteiger partial charge in [0.15, 0.2) is 0 Å². The Hall–Kier alpha value is -2.66. The van der Waals surface area contributed by atoms with Gasteiger partial charge in [-0.15, -0.1) is 0 Å². The Balaban J connectivity index is 1.45. The van der Waals surface area contributed by atoms with Crippen molar-refractivity contribution in [2.75, 3.05) is 0 Å². The summed E-state index contributed by atoms with van der Waals surface area (Å²) in [5.74, 6) is -1.30. The van der Waals surface area contributed by atoms with E-state index in [1.807, 2.05) is 60.7 Å². The van der Waals surface area contributed by atoms with Crippen LogP contribution in [0, 0.1) is 5.92 Å². The minimum absolute atomic E-state index is 0.141. The van der Waals surface area contributed by atoms with Gasteiger partial charge in [-0.3, -0.25) is 14.4 Å². The molecule has 5 nitrogen and oxygen atoms in total. The number of hydrogen-bond donors (Lipinski definition) is 2. The lowest BCUT2D eigenvalue weighted by atomic mass is 9.85. The van der Waals surface area contributed by atoms with Crippen molar-refractivity contribution in [3.05, 3.63) is 71.8 Å². The van der Waals surface area contributed by atoms with Gasteiger partial charge in [0.1, 0.15) is 5.92 Å². The van der Waals surface area contributed by atoms with Gasteiger partial charge in [0, 0.05) is 6.04 Å². The fourth-order valence-corrected chi connectivity index (χ4v) is 2.78. The molecule has 3 rings (SSSR count). The number of rotatable bonds is 7. The highest BCUT2D eigenvalue weighted by molar-refractivity contribution is 6.05. The van der Waals surface area contributed by atoms with E-state index in [1.54, 1.807) is 0 Å². The first kappa shape index (κ1) is 16.2. The summed E-state index contributed by atoms with van der Waals surface area (Å²) in [4.78, 5) is 29.1. The van der Waals surface area contributed by atoms with Gasteiger partial charge in [0.05, 0.1) is 6.61 Å². The largest absolute Gasteiger partial charge is 0.351 e. The zero-order valence-corrected chi connectivity index (χ0v) is 13.3. The van der Waals surface area contributed by atoms with E-state index in [1.165, 1.54) is 5.56 Å². The Morgan fingerprint density at radius 2 is 1.62 bits per heavy atom. The normalized spacial score (nSPS) is 19.2. The molecule has 0 radical (unpaired) electrons. The Labute approximate surface area is 141 Å². The molecule has 1 saturated heterocycles. The van der Waals surface area contributed by atoms with Gasteiger partial charge in [-0.25, -0.2) is 5.48 Å². The van der Waals surface area contributed by atoms with Crippen molar-refractivity contribution < 1.29 is 14.4 Å². The van der Waals surface area contributed by atoms with Crippen molar-refractivity contribution in [1.82, 2.24) is 10.8 Å². The summed E-state index contributed by atoms with van der Waals surface area (Å²) >= 11 is 0. The summed E-state index contributed by atoms with van der Waals surface area (Å²) in [6, 6.07) is 19.4. The van der Waals surface area contributed by atoms with E-state index in [4.69, 9.17) is 4.84 Å². The highest BCUT2D eigenvalue weighted by Crippen LogP contribution is 2.20. The lowest BCUT2D eigenvalue weighted by Crippen LogP contribution is -2.63. The fourth-order valence-electron chi connectivity index (χ4n) is 2.78. The van der Waals surface area contributed by atoms with Crippen LogP contribution in [0.2, 0.25) is 0 Å². The molecule has 5 heteroatoms. The molecule has 1 aliphatic rings. The molecular weight excluding hydrogens is 304 g/mol. The first-order valence-corrected chi connectivity index (χ1v) is 8.04. The summed E-state index contributed by atoms with van der Waals surface area (Å²) in [5.41, 5.74) is 4.54. The number of β-lactam (4-membered cyclic amide) rings is 1. The van der Waals surface area contributed by atoms with Gasteiger partial charge in [0.25, 0.3) is 5.91 Å². The average Bonchev–Trinajstić information content (AvgIpc) is 2.60. The van der Waals surface area contributed by atoms with E-state index >= 15 is 0 Å². The van der Waals surface area contributed by atoms with Gasteiger partial charge in [0.2, 0.25) is 5.91 Å². The number of carbonyl (C=O) groups is 2. The Morgan fingerprint density at radius 1 is 1.00 bits per heavy atom. The van der Waals surface area contributed by atoms with Crippen LogP contribution in [-0.2, 0) is 27.5 Å². The van der Waals surface area contributed by atoms with Gasteiger partial charge in [-0.1, -0.05) is 60.7 Å². The molecule has 0 saturated carbocycles. The monoisotopic (exact) mass is 324 g/mol. The van der Waals surface area contributed by atoms with Crippen LogP contribution in [0.25, 0.3) is 0 Å². The molecule has 2 atom stereocenters. The van der Waals surface area contributed by atoms with Crippen molar-refractivity contribution in [1.29, 1.82) is 0 Å². The number of carbonyl (C=O) groups excluding carboxylic acids is 2. The van der Waals surface area contributed by atoms with Crippen LogP contribution in [0.15, 0.2) is 60.7 Å². The number of hydrogen-bond acceptors (Lipinski definition) is 3. The van der Waals surface area contributed by atoms with Gasteiger partial charge in [-0.05, 0) is 24.0 Å². The van der Waals surface area contributed by atoms with Crippen LogP contribution in [-0.4, -0.2) is 17.9 Å². The molecule has 0 aromatic heterocycles. The third kappa shape index (κ3) is 4.00. The van der Waals surface area contributed by atoms with Crippen LogP contribution in [0.1, 0.15) is 17.5 Å². The van der Waals surface area contributed by atoms with E-state index in [9.17, 15) is 9.59 Å². The summed E-state index contributed by atoms with van der Waals surface area (Å²) in [5, 5.41) is 2.80. The average molecular weight is 324 g/mol. The summed E-state index contributed by atoms with van der Waals surface area (Å²) in [6.45, 7) is 0.273. The molecule has 2 unspecified atom stereocenters. The molecule has 2 amide bonds. The first-order valence-electron chi connectivity index (χ1n) is 8.04. The lowest BCUT2D eigenvalue weighted by Gasteiger charge is -2.35. The molecule has 0 spiro atoms. The van der Waals surface area contributed by atoms with E-state index in [0.29, 0.717) is 0 Å². The summed E-state index contributed by atoms with van der Waals surface area (Å²) in [7, 11) is 0. The van der Waals surface area contributed by atoms with E-state index in [0.717, 1.165) is 18.4 Å². The summed E-state index contributed by atoms with van der Waals surface area (Å²) in [6.07, 6.45) is 1.55. The first-order chi connectivity index (χ1) is 11.7. The number of hydroxylamine groups is 1. The van der Waals surface area contributed by atoms with Crippen molar-refractivity contribution in [2.24, 2.45) is 5.92 Å². The van der Waals surface area contributed by atoms with Crippen molar-refractivity contribution >= 4 is 11.8 Å². The predicted octanol–water partition coefficient (Wildman–Crippen LogP) is 1.98. The molecule has 0 bridgehead atoms. The Bertz CT molecular complexity index is 688. The second kappa shape index (κ2) is 7.75. The molecule has 24 heavy (non-hydrogen) atoms. The van der Waals surface area contributed by atoms with Crippen molar-refractivity contribution in [3.63, 3.8) is 0 Å². The highest BCUT2D eigenvalue weighted by Gasteiger charge is 2.44. The van der Waals surface area contributed by atoms with Gasteiger partial charge < -0.3 is 5.32 Å². The molecule has 2 aromatic carbocycles. The molecule has 2 aromatic rings. The van der Waals surface area contributed by atoms with E-state index < -0.39 is 5.92 Å². The smallest absolute Gasteiger partial charge is 0.258 e. The van der Waals surface area contributed by atoms with Crippen LogP contribution < -0.4 is 10.8 Å². The van der Waals surface area contributed by atoms with Crippen molar-refractivity contribution in [2.45, 2.75) is 25.5 Å². The maximum absolute atomic E-state index is 12.2. The third-order valence-corrected chi connectivity index (χ3v) is 4.14. The second-order valence-electron chi connectivity index (χ2n) is 5.86. The standard InChI is InChI=1S/C19H20N2O3/c22-18-17(16(20-18)12-11-14-7-3-1-4-8-14)19(23)21-24-13-15-9-5-2-6-10-15/h1-10,16-17H,11-13H2,(H,20,22)(H,21,23). The minimum atomic E-state index is -0.676. The van der Waals surface area contributed by atoms with E-state index in [2.05, 4.69) is 10.8 Å². The number of benzene rings is 2. The molecule has 1 aliphatic heterocycles. The number of amides is 2. The summed E-state index contributed by atoms with van der Waals surface area (Å²) < 4.78 is 0. The molecule has 1 fully saturated rings. The van der Waals surface area contributed by atoms with Gasteiger partial charge >= 0.3 is 0 Å². The maximum atomic E-state index is 12.2. The highest BCUT2D eigenvalue weighted by atomic mass is 16.6. The molecule has 2 N–H and O–H groups in total. The fraction of sp³-hybridized carbons (Fsp3) is 0.263. The van der Waals surface area contributed by atoms with Crippen LogP contribution >= 0.6 is 0 Å². The zero-order chi connectivity index (χ0) is 16.8. The van der Waals surface area contributed by atoms with Gasteiger partial charge in [-0.2, -0.15) is 0 Å². The Morgan fingerprint density at radius 3 is 2.25 bits per heavy atom. The molecular formula is C19H20N2O3. The number of aryl methyl sites for hydroxylation is 1.